The van der Waals surface area contributed by atoms with Crippen molar-refractivity contribution in [2.45, 2.75) is 104 Å². The zero-order valence-corrected chi connectivity index (χ0v) is 28.3. The number of hydrogen-bond acceptors (Lipinski definition) is 4. The standard InChI is InChI=1S/C38H53N3O3/c1-27(2)23-34(40(9)25-29-15-19-31(20-16-29)37(3,4)5)36(43)41(38(6,7)8)33(35(39)42)24-28-17-21-32(22-18-28)44-26-30-13-11-10-12-14-30/h10-22,27,33-34H,23-26H2,1-9H3,(H2,39,42)/t33-,34-/m0/s1. The lowest BCUT2D eigenvalue weighted by Gasteiger charge is -2.44. The van der Waals surface area contributed by atoms with Gasteiger partial charge in [0.1, 0.15) is 18.4 Å². The number of primary amides is 1. The molecule has 2 amide bonds. The number of benzene rings is 3. The molecule has 3 rings (SSSR count). The van der Waals surface area contributed by atoms with Crippen LogP contribution >= 0.6 is 0 Å². The van der Waals surface area contributed by atoms with Gasteiger partial charge in [-0.3, -0.25) is 14.5 Å². The van der Waals surface area contributed by atoms with Crippen molar-refractivity contribution in [2.24, 2.45) is 11.7 Å². The number of nitrogens with two attached hydrogens (primary N) is 1. The van der Waals surface area contributed by atoms with Crippen LogP contribution in [0, 0.1) is 5.92 Å². The summed E-state index contributed by atoms with van der Waals surface area (Å²) >= 11 is 0. The molecule has 238 valence electrons. The van der Waals surface area contributed by atoms with Crippen molar-refractivity contribution < 1.29 is 14.3 Å². The van der Waals surface area contributed by atoms with Crippen molar-refractivity contribution >= 4 is 11.8 Å². The Hall–Kier alpha value is -3.64. The Morgan fingerprint density at radius 1 is 0.773 bits per heavy atom. The van der Waals surface area contributed by atoms with Gasteiger partial charge in [0, 0.05) is 18.5 Å². The van der Waals surface area contributed by atoms with Gasteiger partial charge in [-0.05, 0) is 80.0 Å². The van der Waals surface area contributed by atoms with Crippen LogP contribution in [0.2, 0.25) is 0 Å². The highest BCUT2D eigenvalue weighted by atomic mass is 16.5. The van der Waals surface area contributed by atoms with E-state index in [1.54, 1.807) is 4.90 Å². The molecular formula is C38H53N3O3. The average Bonchev–Trinajstić information content (AvgIpc) is 2.94. The fourth-order valence-corrected chi connectivity index (χ4v) is 5.54. The van der Waals surface area contributed by atoms with Crippen molar-refractivity contribution in [1.82, 2.24) is 9.80 Å². The van der Waals surface area contributed by atoms with Crippen LogP contribution in [0.4, 0.5) is 0 Å². The molecule has 3 aromatic rings. The highest BCUT2D eigenvalue weighted by Gasteiger charge is 2.40. The fraction of sp³-hybridized carbons (Fsp3) is 0.474. The number of amides is 2. The zero-order valence-electron chi connectivity index (χ0n) is 28.3. The van der Waals surface area contributed by atoms with Crippen LogP contribution in [-0.4, -0.2) is 46.3 Å². The number of ether oxygens (including phenoxy) is 1. The van der Waals surface area contributed by atoms with E-state index in [4.69, 9.17) is 10.5 Å². The maximum atomic E-state index is 14.5. The van der Waals surface area contributed by atoms with Crippen molar-refractivity contribution in [3.8, 4) is 5.75 Å². The molecule has 0 radical (unpaired) electrons. The molecule has 0 saturated carbocycles. The van der Waals surface area contributed by atoms with Crippen LogP contribution in [0.1, 0.15) is 84.1 Å². The number of likely N-dealkylation sites (N-methyl/N-ethyl adjacent to an activating group) is 1. The van der Waals surface area contributed by atoms with E-state index in [1.807, 2.05) is 82.4 Å². The Morgan fingerprint density at radius 3 is 1.84 bits per heavy atom. The van der Waals surface area contributed by atoms with Crippen molar-refractivity contribution in [3.05, 3.63) is 101 Å². The predicted octanol–water partition coefficient (Wildman–Crippen LogP) is 7.13. The number of carbonyl (C=O) groups excluding carboxylic acids is 2. The van der Waals surface area contributed by atoms with Crippen LogP contribution in [0.5, 0.6) is 5.75 Å². The minimum absolute atomic E-state index is 0.0765. The second kappa shape index (κ2) is 14.9. The van der Waals surface area contributed by atoms with E-state index in [0.29, 0.717) is 26.0 Å². The summed E-state index contributed by atoms with van der Waals surface area (Å²) < 4.78 is 5.94. The molecule has 0 heterocycles. The van der Waals surface area contributed by atoms with Gasteiger partial charge < -0.3 is 15.4 Å². The number of carbonyl (C=O) groups is 2. The average molecular weight is 600 g/mol. The summed E-state index contributed by atoms with van der Waals surface area (Å²) in [5.74, 6) is 0.436. The van der Waals surface area contributed by atoms with Gasteiger partial charge in [0.25, 0.3) is 0 Å². The largest absolute Gasteiger partial charge is 0.489 e. The molecule has 3 aromatic carbocycles. The lowest BCUT2D eigenvalue weighted by Crippen LogP contribution is -2.61. The van der Waals surface area contributed by atoms with Crippen LogP contribution < -0.4 is 10.5 Å². The van der Waals surface area contributed by atoms with Gasteiger partial charge in [0.2, 0.25) is 11.8 Å². The Labute approximate surface area is 265 Å². The maximum Gasteiger partial charge on any atom is 0.241 e. The number of rotatable bonds is 13. The summed E-state index contributed by atoms with van der Waals surface area (Å²) in [5, 5.41) is 0. The molecule has 0 unspecified atom stereocenters. The molecule has 6 nitrogen and oxygen atoms in total. The molecule has 0 spiro atoms. The van der Waals surface area contributed by atoms with Crippen LogP contribution in [0.25, 0.3) is 0 Å². The number of hydrogen-bond donors (Lipinski definition) is 1. The van der Waals surface area contributed by atoms with Gasteiger partial charge in [-0.25, -0.2) is 0 Å². The summed E-state index contributed by atoms with van der Waals surface area (Å²) in [4.78, 5) is 31.4. The summed E-state index contributed by atoms with van der Waals surface area (Å²) in [6.45, 7) is 17.9. The summed E-state index contributed by atoms with van der Waals surface area (Å²) in [6.07, 6.45) is 0.991. The molecule has 44 heavy (non-hydrogen) atoms. The van der Waals surface area contributed by atoms with Crippen molar-refractivity contribution in [3.63, 3.8) is 0 Å². The fourth-order valence-electron chi connectivity index (χ4n) is 5.54. The quantitative estimate of drug-likeness (QED) is 0.227. The zero-order chi connectivity index (χ0) is 32.7. The summed E-state index contributed by atoms with van der Waals surface area (Å²) in [5.41, 5.74) is 9.91. The second-order valence-corrected chi connectivity index (χ2v) is 14.4. The third-order valence-corrected chi connectivity index (χ3v) is 7.96. The van der Waals surface area contributed by atoms with Gasteiger partial charge in [-0.2, -0.15) is 0 Å². The predicted molar refractivity (Wildman–Crippen MR) is 180 cm³/mol. The minimum Gasteiger partial charge on any atom is -0.489 e. The Bertz CT molecular complexity index is 1340. The molecule has 6 heteroatoms. The van der Waals surface area contributed by atoms with E-state index in [-0.39, 0.29) is 17.2 Å². The molecule has 0 saturated heterocycles. The Morgan fingerprint density at radius 2 is 1.34 bits per heavy atom. The first-order valence-electron chi connectivity index (χ1n) is 15.7. The second-order valence-electron chi connectivity index (χ2n) is 14.4. The smallest absolute Gasteiger partial charge is 0.241 e. The molecule has 0 aliphatic heterocycles. The van der Waals surface area contributed by atoms with E-state index in [1.165, 1.54) is 5.56 Å². The molecule has 2 atom stereocenters. The molecule has 0 fully saturated rings. The molecule has 0 aliphatic carbocycles. The first-order chi connectivity index (χ1) is 20.6. The molecule has 2 N–H and O–H groups in total. The molecule has 0 aliphatic rings. The van der Waals surface area contributed by atoms with E-state index in [9.17, 15) is 9.59 Å². The monoisotopic (exact) mass is 599 g/mol. The summed E-state index contributed by atoms with van der Waals surface area (Å²) in [6, 6.07) is 25.1. The SMILES string of the molecule is CC(C)C[C@@H](C(=O)N([C@@H](Cc1ccc(OCc2ccccc2)cc1)C(N)=O)C(C)(C)C)N(C)Cc1ccc(C(C)(C)C)cc1. The highest BCUT2D eigenvalue weighted by Crippen LogP contribution is 2.27. The van der Waals surface area contributed by atoms with Gasteiger partial charge in [-0.15, -0.1) is 0 Å². The van der Waals surface area contributed by atoms with Gasteiger partial charge in [0.05, 0.1) is 6.04 Å². The topological polar surface area (TPSA) is 75.9 Å². The van der Waals surface area contributed by atoms with Crippen LogP contribution in [-0.2, 0) is 34.6 Å². The minimum atomic E-state index is -0.798. The van der Waals surface area contributed by atoms with E-state index in [0.717, 1.165) is 22.4 Å². The van der Waals surface area contributed by atoms with Crippen molar-refractivity contribution in [1.29, 1.82) is 0 Å². The van der Waals surface area contributed by atoms with Crippen LogP contribution in [0.3, 0.4) is 0 Å². The van der Waals surface area contributed by atoms with E-state index >= 15 is 0 Å². The first kappa shape index (κ1) is 34.8. The van der Waals surface area contributed by atoms with Gasteiger partial charge >= 0.3 is 0 Å². The molecule has 0 bridgehead atoms. The van der Waals surface area contributed by atoms with Crippen molar-refractivity contribution in [2.75, 3.05) is 7.05 Å². The molecular weight excluding hydrogens is 546 g/mol. The number of nitrogens with zero attached hydrogens (tertiary/aromatic N) is 2. The van der Waals surface area contributed by atoms with E-state index in [2.05, 4.69) is 63.8 Å². The third-order valence-electron chi connectivity index (χ3n) is 7.96. The normalized spacial score (nSPS) is 13.5. The maximum absolute atomic E-state index is 14.5. The first-order valence-corrected chi connectivity index (χ1v) is 15.7. The lowest BCUT2D eigenvalue weighted by molar-refractivity contribution is -0.150. The van der Waals surface area contributed by atoms with E-state index < -0.39 is 23.5 Å². The summed E-state index contributed by atoms with van der Waals surface area (Å²) in [7, 11) is 2.00. The molecule has 0 aromatic heterocycles. The lowest BCUT2D eigenvalue weighted by atomic mass is 9.86. The Balaban J connectivity index is 1.82. The Kier molecular flexibility index (Phi) is 11.8. The van der Waals surface area contributed by atoms with Gasteiger partial charge in [0.15, 0.2) is 0 Å². The van der Waals surface area contributed by atoms with Crippen LogP contribution in [0.15, 0.2) is 78.9 Å². The highest BCUT2D eigenvalue weighted by molar-refractivity contribution is 5.90. The third kappa shape index (κ3) is 9.95. The van der Waals surface area contributed by atoms with Gasteiger partial charge in [-0.1, -0.05) is 101 Å².